The minimum Gasteiger partial charge on any atom is -0.356 e. The standard InChI is InChI=1S/C8H17BrO2/c1-10-8(11-2)6-4-3-5-7-9/h8H,3-7H2,1-2H3/i6D2. The van der Waals surface area contributed by atoms with Crippen molar-refractivity contribution in [1.82, 2.24) is 0 Å². The predicted octanol–water partition coefficient (Wildman–Crippen LogP) is 2.56. The van der Waals surface area contributed by atoms with Gasteiger partial charge in [-0.1, -0.05) is 22.4 Å². The van der Waals surface area contributed by atoms with Gasteiger partial charge in [0, 0.05) is 22.3 Å². The number of hydrogen-bond acceptors (Lipinski definition) is 2. The molecule has 2 nitrogen and oxygen atoms in total. The zero-order valence-corrected chi connectivity index (χ0v) is 8.69. The Morgan fingerprint density at radius 2 is 1.91 bits per heavy atom. The Bertz CT molecular complexity index is 129. The fourth-order valence-corrected chi connectivity index (χ4v) is 1.10. The van der Waals surface area contributed by atoms with Crippen LogP contribution in [0.15, 0.2) is 0 Å². The largest absolute Gasteiger partial charge is 0.356 e. The van der Waals surface area contributed by atoms with Crippen LogP contribution in [-0.2, 0) is 9.47 Å². The summed E-state index contributed by atoms with van der Waals surface area (Å²) >= 11 is 3.30. The predicted molar refractivity (Wildman–Crippen MR) is 50.1 cm³/mol. The Morgan fingerprint density at radius 3 is 2.36 bits per heavy atom. The van der Waals surface area contributed by atoms with Gasteiger partial charge in [0.25, 0.3) is 0 Å². The molecule has 0 aromatic carbocycles. The summed E-state index contributed by atoms with van der Waals surface area (Å²) < 4.78 is 25.1. The van der Waals surface area contributed by atoms with Crippen molar-refractivity contribution in [3.8, 4) is 0 Å². The molecule has 0 aromatic rings. The van der Waals surface area contributed by atoms with Gasteiger partial charge in [0.15, 0.2) is 6.29 Å². The molecule has 0 heterocycles. The van der Waals surface area contributed by atoms with E-state index in [9.17, 15) is 0 Å². The van der Waals surface area contributed by atoms with Crippen molar-refractivity contribution in [3.63, 3.8) is 0 Å². The fraction of sp³-hybridized carbons (Fsp3) is 1.00. The Labute approximate surface area is 80.2 Å². The van der Waals surface area contributed by atoms with Crippen molar-refractivity contribution in [1.29, 1.82) is 0 Å². The van der Waals surface area contributed by atoms with Gasteiger partial charge in [-0.05, 0) is 19.2 Å². The first-order valence-electron chi connectivity index (χ1n) is 4.70. The summed E-state index contributed by atoms with van der Waals surface area (Å²) in [5, 5.41) is 0.910. The van der Waals surface area contributed by atoms with E-state index in [0.29, 0.717) is 6.42 Å². The van der Waals surface area contributed by atoms with Crippen molar-refractivity contribution < 1.29 is 12.2 Å². The molecule has 0 fully saturated rings. The van der Waals surface area contributed by atoms with Crippen LogP contribution in [0.1, 0.15) is 28.4 Å². The van der Waals surface area contributed by atoms with Gasteiger partial charge in [0.05, 0.1) is 0 Å². The lowest BCUT2D eigenvalue weighted by Crippen LogP contribution is -2.12. The molecule has 0 aromatic heterocycles. The molecule has 0 spiro atoms. The van der Waals surface area contributed by atoms with Gasteiger partial charge in [-0.3, -0.25) is 0 Å². The van der Waals surface area contributed by atoms with Gasteiger partial charge in [0.2, 0.25) is 0 Å². The van der Waals surface area contributed by atoms with E-state index in [4.69, 9.17) is 12.2 Å². The molecule has 0 saturated heterocycles. The van der Waals surface area contributed by atoms with E-state index < -0.39 is 12.7 Å². The van der Waals surface area contributed by atoms with Crippen LogP contribution in [0.25, 0.3) is 0 Å². The first-order chi connectivity index (χ1) is 6.08. The second kappa shape index (κ2) is 8.50. The second-order valence-corrected chi connectivity index (χ2v) is 2.95. The van der Waals surface area contributed by atoms with Gasteiger partial charge < -0.3 is 9.47 Å². The van der Waals surface area contributed by atoms with Crippen LogP contribution < -0.4 is 0 Å². The Morgan fingerprint density at radius 1 is 1.27 bits per heavy atom. The molecule has 0 unspecified atom stereocenters. The van der Waals surface area contributed by atoms with Crippen LogP contribution in [-0.4, -0.2) is 25.8 Å². The third-order valence-corrected chi connectivity index (χ3v) is 1.86. The van der Waals surface area contributed by atoms with E-state index in [1.54, 1.807) is 0 Å². The molecule has 0 aliphatic carbocycles. The molecular formula is C8H17BrO2. The smallest absolute Gasteiger partial charge is 0.156 e. The number of alkyl halides is 1. The summed E-state index contributed by atoms with van der Waals surface area (Å²) in [5.74, 6) is 0. The summed E-state index contributed by atoms with van der Waals surface area (Å²) in [4.78, 5) is 0. The van der Waals surface area contributed by atoms with Gasteiger partial charge in [-0.15, -0.1) is 0 Å². The van der Waals surface area contributed by atoms with Crippen molar-refractivity contribution in [3.05, 3.63) is 0 Å². The Balaban J connectivity index is 3.88. The average Bonchev–Trinajstić information content (AvgIpc) is 2.06. The second-order valence-electron chi connectivity index (χ2n) is 2.15. The molecule has 0 radical (unpaired) electrons. The lowest BCUT2D eigenvalue weighted by atomic mass is 10.2. The lowest BCUT2D eigenvalue weighted by molar-refractivity contribution is -0.107. The molecule has 11 heavy (non-hydrogen) atoms. The highest BCUT2D eigenvalue weighted by molar-refractivity contribution is 9.09. The average molecular weight is 227 g/mol. The molecule has 0 aliphatic heterocycles. The van der Waals surface area contributed by atoms with E-state index >= 15 is 0 Å². The topological polar surface area (TPSA) is 18.5 Å². The van der Waals surface area contributed by atoms with Crippen molar-refractivity contribution in [2.24, 2.45) is 0 Å². The van der Waals surface area contributed by atoms with E-state index in [1.165, 1.54) is 14.2 Å². The van der Waals surface area contributed by atoms with Crippen LogP contribution in [0.5, 0.6) is 0 Å². The maximum Gasteiger partial charge on any atom is 0.156 e. The molecule has 0 N–H and O–H groups in total. The minimum absolute atomic E-state index is 0.463. The highest BCUT2D eigenvalue weighted by atomic mass is 79.9. The number of halogens is 1. The number of rotatable bonds is 7. The van der Waals surface area contributed by atoms with Gasteiger partial charge >= 0.3 is 0 Å². The number of unbranched alkanes of at least 4 members (excludes halogenated alkanes) is 1. The SMILES string of the molecule is [2H]C([2H])(CCCCBr)C(OC)OC. The maximum atomic E-state index is 7.66. The van der Waals surface area contributed by atoms with E-state index in [-0.39, 0.29) is 0 Å². The molecular weight excluding hydrogens is 208 g/mol. The summed E-state index contributed by atoms with van der Waals surface area (Å²) in [6.45, 7) is 0. The minimum atomic E-state index is -1.40. The molecule has 0 rings (SSSR count). The molecule has 3 heteroatoms. The van der Waals surface area contributed by atoms with Crippen LogP contribution >= 0.6 is 15.9 Å². The summed E-state index contributed by atoms with van der Waals surface area (Å²) in [5.41, 5.74) is 0. The summed E-state index contributed by atoms with van der Waals surface area (Å²) in [7, 11) is 2.91. The maximum absolute atomic E-state index is 7.66. The number of methoxy groups -OCH3 is 2. The van der Waals surface area contributed by atoms with Crippen molar-refractivity contribution >= 4 is 15.9 Å². The molecule has 0 bridgehead atoms. The zero-order chi connectivity index (χ0) is 10.3. The van der Waals surface area contributed by atoms with Gasteiger partial charge in [-0.25, -0.2) is 0 Å². The third-order valence-electron chi connectivity index (χ3n) is 1.30. The summed E-state index contributed by atoms with van der Waals surface area (Å²) in [6.07, 6.45) is 0.111. The van der Waals surface area contributed by atoms with Gasteiger partial charge in [-0.2, -0.15) is 0 Å². The van der Waals surface area contributed by atoms with Gasteiger partial charge in [0.1, 0.15) is 0 Å². The number of ether oxygens (including phenoxy) is 2. The monoisotopic (exact) mass is 226 g/mol. The molecule has 0 amide bonds. The normalized spacial score (nSPS) is 14.9. The first-order valence-corrected chi connectivity index (χ1v) is 4.82. The quantitative estimate of drug-likeness (QED) is 0.378. The van der Waals surface area contributed by atoms with Crippen LogP contribution in [0.2, 0.25) is 0 Å². The van der Waals surface area contributed by atoms with E-state index in [2.05, 4.69) is 15.9 Å². The Kier molecular flexibility index (Phi) is 6.19. The molecule has 0 saturated carbocycles. The molecule has 0 atom stereocenters. The van der Waals surface area contributed by atoms with Crippen LogP contribution in [0.4, 0.5) is 0 Å². The van der Waals surface area contributed by atoms with E-state index in [1.807, 2.05) is 0 Å². The molecule has 68 valence electrons. The van der Waals surface area contributed by atoms with Crippen LogP contribution in [0, 0.1) is 0 Å². The zero-order valence-electron chi connectivity index (χ0n) is 9.10. The van der Waals surface area contributed by atoms with E-state index in [0.717, 1.165) is 18.2 Å². The fourth-order valence-electron chi connectivity index (χ4n) is 0.702. The first kappa shape index (κ1) is 8.02. The molecule has 0 aliphatic rings. The highest BCUT2D eigenvalue weighted by Crippen LogP contribution is 2.07. The summed E-state index contributed by atoms with van der Waals surface area (Å²) in [6, 6.07) is 0. The third kappa shape index (κ3) is 6.78. The Hall–Kier alpha value is 0.400. The number of hydrogen-bond donors (Lipinski definition) is 0. The lowest BCUT2D eigenvalue weighted by Gasteiger charge is -2.12. The van der Waals surface area contributed by atoms with Crippen LogP contribution in [0.3, 0.4) is 0 Å². The van der Waals surface area contributed by atoms with Crippen molar-refractivity contribution in [2.75, 3.05) is 19.5 Å². The highest BCUT2D eigenvalue weighted by Gasteiger charge is 2.02. The van der Waals surface area contributed by atoms with Crippen molar-refractivity contribution in [2.45, 2.75) is 31.9 Å².